The topological polar surface area (TPSA) is 72.8 Å². The number of fused-ring (bicyclic) bond motifs is 1. The van der Waals surface area contributed by atoms with Gasteiger partial charge < -0.3 is 0 Å². The molecule has 5 nitrogen and oxygen atoms in total. The average molecular weight is 650 g/mol. The van der Waals surface area contributed by atoms with Crippen LogP contribution in [0.25, 0.3) is 10.8 Å². The van der Waals surface area contributed by atoms with Crippen LogP contribution in [-0.4, -0.2) is 19.9 Å². The second kappa shape index (κ2) is 11.3. The highest BCUT2D eigenvalue weighted by molar-refractivity contribution is 7.86. The Balaban J connectivity index is 1.25. The lowest BCUT2D eigenvalue weighted by atomic mass is 9.48. The third-order valence-electron chi connectivity index (χ3n) is 10.2. The minimum absolute atomic E-state index is 0.150. The minimum Gasteiger partial charge on any atom is -0.287 e. The van der Waals surface area contributed by atoms with Crippen molar-refractivity contribution in [3.8, 4) is 0 Å². The number of halogens is 4. The molecule has 0 spiro atoms. The van der Waals surface area contributed by atoms with Gasteiger partial charge in [0.2, 0.25) is 5.78 Å². The van der Waals surface area contributed by atoms with Crippen LogP contribution in [0.4, 0.5) is 17.6 Å². The molecule has 0 aromatic heterocycles. The second-order valence-corrected chi connectivity index (χ2v) is 14.8. The number of aryl methyl sites for hydroxylation is 1. The molecule has 4 saturated carbocycles. The fraction of sp³-hybridized carbons (Fsp3) is 0.333. The fourth-order valence-electron chi connectivity index (χ4n) is 8.63. The van der Waals surface area contributed by atoms with E-state index in [0.29, 0.717) is 23.1 Å². The van der Waals surface area contributed by atoms with Crippen LogP contribution in [0, 0.1) is 53.4 Å². The Morgan fingerprint density at radius 3 is 1.91 bits per heavy atom. The second-order valence-electron chi connectivity index (χ2n) is 13.3. The van der Waals surface area contributed by atoms with E-state index in [-0.39, 0.29) is 17.5 Å². The molecule has 4 aliphatic rings. The van der Waals surface area contributed by atoms with Gasteiger partial charge in [-0.15, -0.1) is 0 Å². The molecule has 10 heteroatoms. The first-order valence-corrected chi connectivity index (χ1v) is 16.8. The van der Waals surface area contributed by atoms with Gasteiger partial charge in [-0.3, -0.25) is 9.08 Å². The molecule has 0 radical (unpaired) electrons. The SMILES string of the molecule is Cc1ccc(C(=O)/C(=N/OS(=O)(=O)c2c(F)c(F)c(CC34CC5CC(CC(C5)C3)C4)c(F)c2F)c2ccccc2)c2ccccc12. The molecule has 0 unspecified atom stereocenters. The molecule has 0 amide bonds. The van der Waals surface area contributed by atoms with Crippen molar-refractivity contribution in [2.24, 2.45) is 28.3 Å². The summed E-state index contributed by atoms with van der Waals surface area (Å²) in [5, 5.41) is 4.90. The van der Waals surface area contributed by atoms with Crippen molar-refractivity contribution in [1.29, 1.82) is 0 Å². The van der Waals surface area contributed by atoms with Crippen LogP contribution in [0.15, 0.2) is 76.8 Å². The molecular weight excluding hydrogens is 618 g/mol. The number of nitrogens with zero attached hydrogens (tertiary/aromatic N) is 1. The standard InChI is InChI=1S/C36H31F4NO4S/c1-20-11-12-27(26-10-6-5-9-25(20)26)34(42)33(24-7-3-2-4-8-24)41-45-46(43,44)35-31(39)29(37)28(30(38)32(35)40)19-36-16-21-13-22(17-36)15-23(14-21)18-36/h2-12,21-23H,13-19H2,1H3/b41-33+. The van der Waals surface area contributed by atoms with Crippen LogP contribution >= 0.6 is 0 Å². The van der Waals surface area contributed by atoms with Gasteiger partial charge in [0, 0.05) is 16.7 Å². The van der Waals surface area contributed by atoms with Crippen molar-refractivity contribution in [2.45, 2.75) is 56.8 Å². The minimum atomic E-state index is -5.57. The molecule has 4 aromatic rings. The van der Waals surface area contributed by atoms with Crippen molar-refractivity contribution in [3.63, 3.8) is 0 Å². The molecule has 0 atom stereocenters. The zero-order valence-corrected chi connectivity index (χ0v) is 25.8. The molecule has 238 valence electrons. The lowest BCUT2D eigenvalue weighted by molar-refractivity contribution is -0.0531. The van der Waals surface area contributed by atoms with E-state index in [1.54, 1.807) is 48.5 Å². The lowest BCUT2D eigenvalue weighted by Crippen LogP contribution is -2.47. The molecule has 0 saturated heterocycles. The van der Waals surface area contributed by atoms with E-state index in [1.165, 1.54) is 12.1 Å². The molecule has 0 heterocycles. The fourth-order valence-corrected chi connectivity index (χ4v) is 9.50. The molecule has 4 aliphatic carbocycles. The van der Waals surface area contributed by atoms with Gasteiger partial charge in [0.05, 0.1) is 0 Å². The lowest BCUT2D eigenvalue weighted by Gasteiger charge is -2.57. The Labute approximate surface area is 264 Å². The van der Waals surface area contributed by atoms with Crippen LogP contribution in [-0.2, 0) is 20.8 Å². The highest BCUT2D eigenvalue weighted by Crippen LogP contribution is 2.61. The van der Waals surface area contributed by atoms with Gasteiger partial charge in [0.15, 0.2) is 33.9 Å². The average Bonchev–Trinajstić information content (AvgIpc) is 3.02. The van der Waals surface area contributed by atoms with Gasteiger partial charge in [-0.1, -0.05) is 71.9 Å². The van der Waals surface area contributed by atoms with Crippen LogP contribution in [0.2, 0.25) is 0 Å². The van der Waals surface area contributed by atoms with E-state index < -0.39 is 60.8 Å². The van der Waals surface area contributed by atoms with Gasteiger partial charge in [-0.05, 0) is 91.4 Å². The maximum absolute atomic E-state index is 15.5. The number of ketones is 1. The van der Waals surface area contributed by atoms with Gasteiger partial charge in [-0.25, -0.2) is 17.6 Å². The molecule has 4 fully saturated rings. The summed E-state index contributed by atoms with van der Waals surface area (Å²) in [5.41, 5.74) is -0.526. The zero-order valence-electron chi connectivity index (χ0n) is 25.0. The summed E-state index contributed by atoms with van der Waals surface area (Å²) in [6, 6.07) is 18.1. The predicted molar refractivity (Wildman–Crippen MR) is 165 cm³/mol. The molecule has 46 heavy (non-hydrogen) atoms. The number of benzene rings is 4. The number of carbonyl (C=O) groups is 1. The Hall–Kier alpha value is -4.05. The Bertz CT molecular complexity index is 1960. The zero-order chi connectivity index (χ0) is 32.4. The third-order valence-corrected chi connectivity index (χ3v) is 11.3. The molecule has 8 rings (SSSR count). The van der Waals surface area contributed by atoms with Gasteiger partial charge in [-0.2, -0.15) is 8.42 Å². The monoisotopic (exact) mass is 649 g/mol. The molecular formula is C36H31F4NO4S. The third kappa shape index (κ3) is 5.20. The van der Waals surface area contributed by atoms with E-state index in [0.717, 1.165) is 49.5 Å². The molecule has 0 N–H and O–H groups in total. The summed E-state index contributed by atoms with van der Waals surface area (Å²) in [6.07, 6.45) is 5.17. The van der Waals surface area contributed by atoms with Gasteiger partial charge in [0.1, 0.15) is 0 Å². The summed E-state index contributed by atoms with van der Waals surface area (Å²) in [4.78, 5) is 11.9. The Kier molecular flexibility index (Phi) is 7.54. The van der Waals surface area contributed by atoms with E-state index in [1.807, 2.05) is 13.0 Å². The smallest absolute Gasteiger partial charge is 0.287 e. The van der Waals surface area contributed by atoms with Crippen molar-refractivity contribution in [2.75, 3.05) is 0 Å². The number of oxime groups is 1. The van der Waals surface area contributed by atoms with Gasteiger partial charge in [0.25, 0.3) is 0 Å². The predicted octanol–water partition coefficient (Wildman–Crippen LogP) is 8.46. The quantitative estimate of drug-likeness (QED) is 0.0632. The van der Waals surface area contributed by atoms with Crippen molar-refractivity contribution in [1.82, 2.24) is 0 Å². The van der Waals surface area contributed by atoms with E-state index in [9.17, 15) is 13.2 Å². The Morgan fingerprint density at radius 1 is 0.783 bits per heavy atom. The van der Waals surface area contributed by atoms with Crippen LogP contribution in [0.5, 0.6) is 0 Å². The summed E-state index contributed by atoms with van der Waals surface area (Å²) in [5.74, 6) is -7.12. The number of rotatable bonds is 8. The largest absolute Gasteiger partial charge is 0.364 e. The number of carbonyl (C=O) groups excluding carboxylic acids is 1. The normalized spacial score (nSPS) is 24.0. The van der Waals surface area contributed by atoms with E-state index in [2.05, 4.69) is 9.44 Å². The summed E-state index contributed by atoms with van der Waals surface area (Å²) >= 11 is 0. The van der Waals surface area contributed by atoms with E-state index >= 15 is 17.6 Å². The van der Waals surface area contributed by atoms with Crippen LogP contribution < -0.4 is 0 Å². The van der Waals surface area contributed by atoms with E-state index in [4.69, 9.17) is 0 Å². The van der Waals surface area contributed by atoms with Gasteiger partial charge >= 0.3 is 10.1 Å². The number of Topliss-reactive ketones (excluding diaryl/α,β-unsaturated/α-hetero) is 1. The first kappa shape index (κ1) is 30.6. The molecule has 4 aromatic carbocycles. The first-order valence-electron chi connectivity index (χ1n) is 15.4. The maximum Gasteiger partial charge on any atom is 0.364 e. The summed E-state index contributed by atoms with van der Waals surface area (Å²) in [6.45, 7) is 1.87. The molecule has 4 bridgehead atoms. The van der Waals surface area contributed by atoms with Crippen molar-refractivity contribution < 1.29 is 35.1 Å². The van der Waals surface area contributed by atoms with Crippen LogP contribution in [0.1, 0.15) is 65.6 Å². The summed E-state index contributed by atoms with van der Waals surface area (Å²) in [7, 11) is -5.57. The highest BCUT2D eigenvalue weighted by atomic mass is 32.2. The number of hydrogen-bond donors (Lipinski definition) is 0. The maximum atomic E-state index is 15.5. The van der Waals surface area contributed by atoms with Crippen LogP contribution in [0.3, 0.4) is 0 Å². The Morgan fingerprint density at radius 2 is 1.33 bits per heavy atom. The highest BCUT2D eigenvalue weighted by Gasteiger charge is 2.51. The van der Waals surface area contributed by atoms with Crippen molar-refractivity contribution in [3.05, 3.63) is 112 Å². The summed E-state index contributed by atoms with van der Waals surface area (Å²) < 4.78 is 93.1. The number of hydrogen-bond acceptors (Lipinski definition) is 5. The molecule has 0 aliphatic heterocycles. The van der Waals surface area contributed by atoms with Crippen molar-refractivity contribution >= 4 is 32.4 Å². The first-order chi connectivity index (χ1) is 22.0.